The first kappa shape index (κ1) is 12.1. The molecule has 2 rings (SSSR count). The molecule has 1 unspecified atom stereocenters. The van der Waals surface area contributed by atoms with Gasteiger partial charge >= 0.3 is 0 Å². The molecule has 2 nitrogen and oxygen atoms in total. The molecule has 0 amide bonds. The normalized spacial score (nSPS) is 17.4. The summed E-state index contributed by atoms with van der Waals surface area (Å²) >= 11 is 0. The van der Waals surface area contributed by atoms with Crippen molar-refractivity contribution in [2.24, 2.45) is 0 Å². The Kier molecular flexibility index (Phi) is 3.79. The van der Waals surface area contributed by atoms with Gasteiger partial charge < -0.3 is 10.1 Å². The molecule has 3 heteroatoms. The van der Waals surface area contributed by atoms with Crippen molar-refractivity contribution in [3.63, 3.8) is 0 Å². The van der Waals surface area contributed by atoms with Crippen molar-refractivity contribution in [1.29, 1.82) is 0 Å². The van der Waals surface area contributed by atoms with Crippen LogP contribution in [0.3, 0.4) is 0 Å². The van der Waals surface area contributed by atoms with E-state index < -0.39 is 0 Å². The van der Waals surface area contributed by atoms with Crippen molar-refractivity contribution in [3.8, 4) is 5.75 Å². The molecule has 1 N–H and O–H groups in total. The highest BCUT2D eigenvalue weighted by Gasteiger charge is 2.19. The second kappa shape index (κ2) is 5.32. The van der Waals surface area contributed by atoms with E-state index in [1.807, 2.05) is 6.92 Å². The fraction of sp³-hybridized carbons (Fsp3) is 0.429. The summed E-state index contributed by atoms with van der Waals surface area (Å²) in [6, 6.07) is 5.30. The summed E-state index contributed by atoms with van der Waals surface area (Å²) in [7, 11) is 1.57. The Balaban J connectivity index is 2.14. The summed E-state index contributed by atoms with van der Waals surface area (Å²) in [6.45, 7) is 1.97. The van der Waals surface area contributed by atoms with Crippen LogP contribution >= 0.6 is 0 Å². The van der Waals surface area contributed by atoms with Crippen LogP contribution in [0.1, 0.15) is 31.4 Å². The number of halogens is 1. The molecule has 0 bridgehead atoms. The van der Waals surface area contributed by atoms with Gasteiger partial charge in [0.2, 0.25) is 0 Å². The summed E-state index contributed by atoms with van der Waals surface area (Å²) < 4.78 is 19.0. The summed E-state index contributed by atoms with van der Waals surface area (Å²) in [6.07, 6.45) is 6.34. The maximum Gasteiger partial charge on any atom is 0.131 e. The van der Waals surface area contributed by atoms with Gasteiger partial charge in [-0.2, -0.15) is 0 Å². The number of nitrogens with one attached hydrogen (secondary N) is 1. The Labute approximate surface area is 101 Å². The van der Waals surface area contributed by atoms with Crippen LogP contribution in [0.15, 0.2) is 30.4 Å². The Morgan fingerprint density at radius 2 is 2.06 bits per heavy atom. The van der Waals surface area contributed by atoms with Crippen LogP contribution in [-0.4, -0.2) is 13.2 Å². The van der Waals surface area contributed by atoms with Gasteiger partial charge in [-0.25, -0.2) is 4.39 Å². The van der Waals surface area contributed by atoms with Crippen LogP contribution in [0.5, 0.6) is 5.75 Å². The van der Waals surface area contributed by atoms with E-state index in [4.69, 9.17) is 4.74 Å². The molecule has 17 heavy (non-hydrogen) atoms. The highest BCUT2D eigenvalue weighted by atomic mass is 19.1. The first-order chi connectivity index (χ1) is 8.22. The highest BCUT2D eigenvalue weighted by Crippen LogP contribution is 2.28. The molecule has 0 aromatic heterocycles. The number of benzene rings is 1. The van der Waals surface area contributed by atoms with E-state index in [-0.39, 0.29) is 11.9 Å². The third kappa shape index (κ3) is 2.67. The molecule has 0 radical (unpaired) electrons. The zero-order valence-electron chi connectivity index (χ0n) is 10.2. The lowest BCUT2D eigenvalue weighted by Crippen LogP contribution is -2.30. The molecular weight excluding hydrogens is 217 g/mol. The Hall–Kier alpha value is -1.35. The molecule has 1 aromatic carbocycles. The lowest BCUT2D eigenvalue weighted by Gasteiger charge is -2.21. The van der Waals surface area contributed by atoms with Crippen molar-refractivity contribution in [2.75, 3.05) is 7.11 Å². The number of methoxy groups -OCH3 is 1. The second-order valence-corrected chi connectivity index (χ2v) is 4.38. The van der Waals surface area contributed by atoms with Crippen molar-refractivity contribution < 1.29 is 9.13 Å². The van der Waals surface area contributed by atoms with Crippen LogP contribution in [0, 0.1) is 5.82 Å². The fourth-order valence-electron chi connectivity index (χ4n) is 2.31. The third-order valence-corrected chi connectivity index (χ3v) is 3.16. The predicted octanol–water partition coefficient (Wildman–Crippen LogP) is 3.20. The first-order valence-corrected chi connectivity index (χ1v) is 5.96. The van der Waals surface area contributed by atoms with Gasteiger partial charge in [-0.05, 0) is 31.9 Å². The summed E-state index contributed by atoms with van der Waals surface area (Å²) in [4.78, 5) is 0. The first-order valence-electron chi connectivity index (χ1n) is 5.96. The van der Waals surface area contributed by atoms with Crippen LogP contribution in [0.2, 0.25) is 0 Å². The molecular formula is C14H18FNO. The van der Waals surface area contributed by atoms with E-state index >= 15 is 0 Å². The number of hydrogen-bond donors (Lipinski definition) is 1. The Bertz CT molecular complexity index is 409. The van der Waals surface area contributed by atoms with E-state index in [0.717, 1.165) is 12.8 Å². The van der Waals surface area contributed by atoms with E-state index in [1.54, 1.807) is 19.2 Å². The summed E-state index contributed by atoms with van der Waals surface area (Å²) in [5.41, 5.74) is 0.613. The van der Waals surface area contributed by atoms with Crippen LogP contribution in [0.4, 0.5) is 4.39 Å². The highest BCUT2D eigenvalue weighted by molar-refractivity contribution is 5.37. The molecule has 0 spiro atoms. The number of rotatable bonds is 4. The average Bonchev–Trinajstić information content (AvgIpc) is 2.81. The van der Waals surface area contributed by atoms with Crippen molar-refractivity contribution >= 4 is 0 Å². The van der Waals surface area contributed by atoms with Crippen molar-refractivity contribution in [1.82, 2.24) is 5.32 Å². The molecule has 92 valence electrons. The van der Waals surface area contributed by atoms with Gasteiger partial charge in [-0.15, -0.1) is 0 Å². The fourth-order valence-corrected chi connectivity index (χ4v) is 2.31. The molecule has 1 atom stereocenters. The maximum atomic E-state index is 13.8. The monoisotopic (exact) mass is 235 g/mol. The predicted molar refractivity (Wildman–Crippen MR) is 66.7 cm³/mol. The van der Waals surface area contributed by atoms with E-state index in [9.17, 15) is 4.39 Å². The lowest BCUT2D eigenvalue weighted by molar-refractivity contribution is 0.385. The molecule has 1 aliphatic carbocycles. The lowest BCUT2D eigenvalue weighted by atomic mass is 10.0. The van der Waals surface area contributed by atoms with Crippen molar-refractivity contribution in [3.05, 3.63) is 41.7 Å². The largest absolute Gasteiger partial charge is 0.496 e. The summed E-state index contributed by atoms with van der Waals surface area (Å²) in [5, 5.41) is 3.43. The minimum Gasteiger partial charge on any atom is -0.496 e. The van der Waals surface area contributed by atoms with E-state index in [0.29, 0.717) is 17.4 Å². The molecule has 0 aliphatic heterocycles. The minimum absolute atomic E-state index is 0.0453. The number of ether oxygens (including phenoxy) is 1. The topological polar surface area (TPSA) is 21.3 Å². The van der Waals surface area contributed by atoms with Gasteiger partial charge in [-0.1, -0.05) is 18.2 Å². The zero-order valence-corrected chi connectivity index (χ0v) is 10.2. The molecule has 0 fully saturated rings. The molecule has 0 saturated carbocycles. The summed E-state index contributed by atoms with van der Waals surface area (Å²) in [5.74, 6) is 0.395. The maximum absolute atomic E-state index is 13.8. The van der Waals surface area contributed by atoms with Gasteiger partial charge in [0, 0.05) is 17.6 Å². The van der Waals surface area contributed by atoms with Crippen molar-refractivity contribution in [2.45, 2.75) is 31.8 Å². The van der Waals surface area contributed by atoms with E-state index in [2.05, 4.69) is 17.5 Å². The second-order valence-electron chi connectivity index (χ2n) is 4.38. The Morgan fingerprint density at radius 1 is 1.35 bits per heavy atom. The van der Waals surface area contributed by atoms with Gasteiger partial charge in [0.1, 0.15) is 11.6 Å². The molecule has 1 aromatic rings. The minimum atomic E-state index is -0.213. The average molecular weight is 235 g/mol. The van der Waals surface area contributed by atoms with Gasteiger partial charge in [0.25, 0.3) is 0 Å². The number of hydrogen-bond acceptors (Lipinski definition) is 2. The van der Waals surface area contributed by atoms with Crippen LogP contribution < -0.4 is 10.1 Å². The quantitative estimate of drug-likeness (QED) is 0.809. The standard InChI is InChI=1S/C14H18FNO/c1-10(16-11-6-3-4-7-11)14-12(15)8-5-9-13(14)17-2/h3-5,8-11,16H,6-7H2,1-2H3. The third-order valence-electron chi connectivity index (χ3n) is 3.16. The molecule has 0 saturated heterocycles. The van der Waals surface area contributed by atoms with Gasteiger partial charge in [-0.3, -0.25) is 0 Å². The van der Waals surface area contributed by atoms with Gasteiger partial charge in [0.05, 0.1) is 7.11 Å². The molecule has 1 aliphatic rings. The molecule has 0 heterocycles. The van der Waals surface area contributed by atoms with E-state index in [1.165, 1.54) is 6.07 Å². The van der Waals surface area contributed by atoms with Crippen LogP contribution in [-0.2, 0) is 0 Å². The SMILES string of the molecule is COc1cccc(F)c1C(C)NC1CC=CC1. The zero-order chi connectivity index (χ0) is 12.3. The van der Waals surface area contributed by atoms with Gasteiger partial charge in [0.15, 0.2) is 0 Å². The van der Waals surface area contributed by atoms with Crippen LogP contribution in [0.25, 0.3) is 0 Å². The Morgan fingerprint density at radius 3 is 2.71 bits per heavy atom. The smallest absolute Gasteiger partial charge is 0.131 e.